The van der Waals surface area contributed by atoms with Crippen molar-refractivity contribution in [2.24, 2.45) is 5.92 Å². The van der Waals surface area contributed by atoms with Crippen LogP contribution in [0.5, 0.6) is 0 Å². The van der Waals surface area contributed by atoms with Crippen LogP contribution in [0.15, 0.2) is 30.3 Å². The Morgan fingerprint density at radius 2 is 1.83 bits per heavy atom. The molecule has 0 radical (unpaired) electrons. The van der Waals surface area contributed by atoms with Crippen molar-refractivity contribution in [2.45, 2.75) is 52.2 Å². The number of carbonyl (C=O) groups excluding carboxylic acids is 2. The van der Waals surface area contributed by atoms with Crippen LogP contribution in [-0.2, 0) is 4.79 Å². The van der Waals surface area contributed by atoms with Crippen molar-refractivity contribution in [3.05, 3.63) is 35.9 Å². The molecule has 0 fully saturated rings. The molecule has 5 heteroatoms. The van der Waals surface area contributed by atoms with E-state index in [4.69, 9.17) is 0 Å². The maximum atomic E-state index is 12.4. The quantitative estimate of drug-likeness (QED) is 0.686. The van der Waals surface area contributed by atoms with Crippen molar-refractivity contribution >= 4 is 11.8 Å². The first kappa shape index (κ1) is 19.2. The summed E-state index contributed by atoms with van der Waals surface area (Å²) in [5.74, 6) is -0.542. The van der Waals surface area contributed by atoms with Crippen LogP contribution in [0.3, 0.4) is 0 Å². The van der Waals surface area contributed by atoms with Crippen LogP contribution in [0.25, 0.3) is 0 Å². The molecule has 0 saturated heterocycles. The van der Waals surface area contributed by atoms with Gasteiger partial charge in [-0.3, -0.25) is 9.59 Å². The van der Waals surface area contributed by atoms with Gasteiger partial charge in [0.25, 0.3) is 5.91 Å². The number of rotatable bonds is 8. The Morgan fingerprint density at radius 1 is 1.22 bits per heavy atom. The highest BCUT2D eigenvalue weighted by Crippen LogP contribution is 2.11. The van der Waals surface area contributed by atoms with Gasteiger partial charge in [-0.05, 0) is 31.4 Å². The largest absolute Gasteiger partial charge is 0.388 e. The lowest BCUT2D eigenvalue weighted by molar-refractivity contribution is -0.125. The van der Waals surface area contributed by atoms with Gasteiger partial charge in [-0.2, -0.15) is 0 Å². The molecule has 23 heavy (non-hydrogen) atoms. The number of hydrogen-bond donors (Lipinski definition) is 3. The molecular weight excluding hydrogens is 292 g/mol. The Morgan fingerprint density at radius 3 is 2.35 bits per heavy atom. The van der Waals surface area contributed by atoms with Crippen LogP contribution in [-0.4, -0.2) is 35.1 Å². The predicted octanol–water partition coefficient (Wildman–Crippen LogP) is 2.11. The minimum atomic E-state index is -0.945. The molecule has 2 amide bonds. The lowest BCUT2D eigenvalue weighted by atomic mass is 9.97. The summed E-state index contributed by atoms with van der Waals surface area (Å²) in [4.78, 5) is 24.7. The molecule has 0 spiro atoms. The van der Waals surface area contributed by atoms with E-state index in [9.17, 15) is 14.7 Å². The number of hydrogen-bond acceptors (Lipinski definition) is 3. The van der Waals surface area contributed by atoms with E-state index in [1.165, 1.54) is 0 Å². The summed E-state index contributed by atoms with van der Waals surface area (Å²) in [5, 5.41) is 15.6. The molecule has 3 atom stereocenters. The number of nitrogens with one attached hydrogen (secondary N) is 2. The molecule has 1 aromatic carbocycles. The fourth-order valence-corrected chi connectivity index (χ4v) is 2.03. The summed E-state index contributed by atoms with van der Waals surface area (Å²) in [6.45, 7) is 7.59. The van der Waals surface area contributed by atoms with E-state index in [1.807, 2.05) is 26.8 Å². The van der Waals surface area contributed by atoms with Crippen LogP contribution in [0.2, 0.25) is 0 Å². The van der Waals surface area contributed by atoms with Crippen molar-refractivity contribution in [3.8, 4) is 0 Å². The molecule has 1 rings (SSSR count). The van der Waals surface area contributed by atoms with Crippen LogP contribution in [0.4, 0.5) is 0 Å². The van der Waals surface area contributed by atoms with E-state index in [-0.39, 0.29) is 24.3 Å². The van der Waals surface area contributed by atoms with E-state index in [0.717, 1.165) is 6.42 Å². The standard InChI is InChI=1S/C18H28N2O3/c1-5-13(3)15(17(22)19-12-18(4,23)6-2)20-16(21)14-10-8-7-9-11-14/h7-11,13,15,23H,5-6,12H2,1-4H3,(H,19,22)(H,20,21)/t13-,15-,18-/m0/s1. The molecule has 0 unspecified atom stereocenters. The second-order valence-electron chi connectivity index (χ2n) is 6.27. The van der Waals surface area contributed by atoms with E-state index < -0.39 is 11.6 Å². The molecule has 5 nitrogen and oxygen atoms in total. The molecule has 3 N–H and O–H groups in total. The van der Waals surface area contributed by atoms with Gasteiger partial charge < -0.3 is 15.7 Å². The first-order chi connectivity index (χ1) is 10.8. The number of amides is 2. The summed E-state index contributed by atoms with van der Waals surface area (Å²) >= 11 is 0. The van der Waals surface area contributed by atoms with Crippen LogP contribution >= 0.6 is 0 Å². The second kappa shape index (κ2) is 8.67. The average Bonchev–Trinajstić information content (AvgIpc) is 2.57. The van der Waals surface area contributed by atoms with Crippen LogP contribution in [0.1, 0.15) is 50.9 Å². The minimum Gasteiger partial charge on any atom is -0.388 e. The van der Waals surface area contributed by atoms with Gasteiger partial charge in [-0.15, -0.1) is 0 Å². The molecule has 0 heterocycles. The Kier molecular flexibility index (Phi) is 7.23. The second-order valence-corrected chi connectivity index (χ2v) is 6.27. The average molecular weight is 320 g/mol. The Balaban J connectivity index is 2.76. The third-order valence-corrected chi connectivity index (χ3v) is 4.22. The first-order valence-corrected chi connectivity index (χ1v) is 8.16. The Hall–Kier alpha value is -1.88. The van der Waals surface area contributed by atoms with E-state index in [1.54, 1.807) is 31.2 Å². The normalized spacial score (nSPS) is 16.0. The summed E-state index contributed by atoms with van der Waals surface area (Å²) in [6, 6.07) is 8.20. The van der Waals surface area contributed by atoms with Crippen molar-refractivity contribution in [1.29, 1.82) is 0 Å². The minimum absolute atomic E-state index is 0.00534. The van der Waals surface area contributed by atoms with Gasteiger partial charge in [-0.1, -0.05) is 45.4 Å². The SMILES string of the molecule is CC[C@H](C)[C@H](NC(=O)c1ccccc1)C(=O)NC[C@@](C)(O)CC. The van der Waals surface area contributed by atoms with Crippen molar-refractivity contribution < 1.29 is 14.7 Å². The topological polar surface area (TPSA) is 78.4 Å². The third kappa shape index (κ3) is 6.02. The maximum Gasteiger partial charge on any atom is 0.251 e. The van der Waals surface area contributed by atoms with Crippen molar-refractivity contribution in [1.82, 2.24) is 10.6 Å². The van der Waals surface area contributed by atoms with Crippen LogP contribution < -0.4 is 10.6 Å². The number of carbonyl (C=O) groups is 2. The molecule has 0 aliphatic carbocycles. The van der Waals surface area contributed by atoms with E-state index in [0.29, 0.717) is 12.0 Å². The van der Waals surface area contributed by atoms with Gasteiger partial charge >= 0.3 is 0 Å². The molecule has 128 valence electrons. The lowest BCUT2D eigenvalue weighted by Gasteiger charge is -2.27. The zero-order chi connectivity index (χ0) is 17.5. The van der Waals surface area contributed by atoms with Gasteiger partial charge in [0, 0.05) is 12.1 Å². The molecule has 0 aliphatic rings. The van der Waals surface area contributed by atoms with Gasteiger partial charge in [0.05, 0.1) is 5.60 Å². The van der Waals surface area contributed by atoms with Crippen molar-refractivity contribution in [2.75, 3.05) is 6.54 Å². The van der Waals surface area contributed by atoms with Gasteiger partial charge in [0.2, 0.25) is 5.91 Å². The van der Waals surface area contributed by atoms with Gasteiger partial charge in [0.15, 0.2) is 0 Å². The Labute approximate surface area is 138 Å². The highest BCUT2D eigenvalue weighted by Gasteiger charge is 2.28. The highest BCUT2D eigenvalue weighted by atomic mass is 16.3. The fourth-order valence-electron chi connectivity index (χ4n) is 2.03. The molecule has 0 aromatic heterocycles. The third-order valence-electron chi connectivity index (χ3n) is 4.22. The van der Waals surface area contributed by atoms with Gasteiger partial charge in [0.1, 0.15) is 6.04 Å². The van der Waals surface area contributed by atoms with Gasteiger partial charge in [-0.25, -0.2) is 0 Å². The molecule has 0 aliphatic heterocycles. The molecule has 0 saturated carbocycles. The molecular formula is C18H28N2O3. The molecule has 1 aromatic rings. The van der Waals surface area contributed by atoms with E-state index >= 15 is 0 Å². The van der Waals surface area contributed by atoms with Crippen LogP contribution in [0, 0.1) is 5.92 Å². The maximum absolute atomic E-state index is 12.4. The summed E-state index contributed by atoms with van der Waals surface area (Å²) in [6.07, 6.45) is 1.30. The monoisotopic (exact) mass is 320 g/mol. The smallest absolute Gasteiger partial charge is 0.251 e. The summed E-state index contributed by atoms with van der Waals surface area (Å²) in [7, 11) is 0. The number of benzene rings is 1. The lowest BCUT2D eigenvalue weighted by Crippen LogP contribution is -2.52. The van der Waals surface area contributed by atoms with Crippen molar-refractivity contribution in [3.63, 3.8) is 0 Å². The predicted molar refractivity (Wildman–Crippen MR) is 91.1 cm³/mol. The first-order valence-electron chi connectivity index (χ1n) is 8.16. The summed E-state index contributed by atoms with van der Waals surface area (Å²) in [5.41, 5.74) is -0.423. The zero-order valence-electron chi connectivity index (χ0n) is 14.4. The van der Waals surface area contributed by atoms with E-state index in [2.05, 4.69) is 10.6 Å². The Bertz CT molecular complexity index is 514. The highest BCUT2D eigenvalue weighted by molar-refractivity contribution is 5.97. The fraction of sp³-hybridized carbons (Fsp3) is 0.556. The molecule has 0 bridgehead atoms. The number of aliphatic hydroxyl groups is 1. The summed E-state index contributed by atoms with van der Waals surface area (Å²) < 4.78 is 0. The zero-order valence-corrected chi connectivity index (χ0v) is 14.4.